The Bertz CT molecular complexity index is 1090. The molecule has 4 aromatic rings. The molecule has 24 heavy (non-hydrogen) atoms. The van der Waals surface area contributed by atoms with Gasteiger partial charge in [0.2, 0.25) is 0 Å². The summed E-state index contributed by atoms with van der Waals surface area (Å²) in [6.07, 6.45) is 0. The summed E-state index contributed by atoms with van der Waals surface area (Å²) in [5.41, 5.74) is 0.817. The molecule has 0 aliphatic carbocycles. The fraction of sp³-hybridized carbons (Fsp3) is 0. The van der Waals surface area contributed by atoms with Crippen LogP contribution in [0.2, 0.25) is 0 Å². The Morgan fingerprint density at radius 1 is 1.00 bits per heavy atom. The summed E-state index contributed by atoms with van der Waals surface area (Å²) in [5.74, 6) is -2.58. The lowest BCUT2D eigenvalue weighted by molar-refractivity contribution is 0.102. The molecule has 1 N–H and O–H groups in total. The molecule has 0 unspecified atom stereocenters. The van der Waals surface area contributed by atoms with E-state index in [0.29, 0.717) is 5.13 Å². The first-order chi connectivity index (χ1) is 11.6. The van der Waals surface area contributed by atoms with Crippen molar-refractivity contribution in [2.24, 2.45) is 0 Å². The summed E-state index contributed by atoms with van der Waals surface area (Å²) in [5, 5.41) is 5.20. The number of hydrogen-bond acceptors (Lipinski definition) is 3. The van der Waals surface area contributed by atoms with Crippen LogP contribution in [0.5, 0.6) is 0 Å². The van der Waals surface area contributed by atoms with E-state index in [-0.39, 0.29) is 5.56 Å². The Hall–Kier alpha value is -2.86. The van der Waals surface area contributed by atoms with E-state index < -0.39 is 17.5 Å². The van der Waals surface area contributed by atoms with Gasteiger partial charge in [0.15, 0.2) is 16.8 Å². The maximum atomic E-state index is 13.3. The third-order valence-electron chi connectivity index (χ3n) is 3.68. The number of nitrogens with one attached hydrogen (secondary N) is 1. The van der Waals surface area contributed by atoms with Crippen LogP contribution < -0.4 is 5.32 Å². The van der Waals surface area contributed by atoms with Gasteiger partial charge in [-0.05, 0) is 29.7 Å². The van der Waals surface area contributed by atoms with Gasteiger partial charge in [-0.25, -0.2) is 13.8 Å². The number of aromatic nitrogens is 1. The Kier molecular flexibility index (Phi) is 3.46. The highest BCUT2D eigenvalue weighted by atomic mass is 32.1. The predicted octanol–water partition coefficient (Wildman–Crippen LogP) is 4.98. The second kappa shape index (κ2) is 5.65. The molecule has 0 saturated heterocycles. The lowest BCUT2D eigenvalue weighted by Crippen LogP contribution is -2.12. The zero-order valence-corrected chi connectivity index (χ0v) is 13.0. The number of carbonyl (C=O) groups excluding carboxylic acids is 1. The molecule has 0 spiro atoms. The topological polar surface area (TPSA) is 42.0 Å². The third-order valence-corrected chi connectivity index (χ3v) is 4.70. The number of amides is 1. The highest BCUT2D eigenvalue weighted by molar-refractivity contribution is 7.23. The van der Waals surface area contributed by atoms with E-state index in [1.165, 1.54) is 17.4 Å². The van der Waals surface area contributed by atoms with Crippen LogP contribution in [0.25, 0.3) is 21.0 Å². The Morgan fingerprint density at radius 3 is 2.67 bits per heavy atom. The quantitative estimate of drug-likeness (QED) is 0.559. The van der Waals surface area contributed by atoms with Crippen molar-refractivity contribution in [3.63, 3.8) is 0 Å². The summed E-state index contributed by atoms with van der Waals surface area (Å²) in [6.45, 7) is 0. The van der Waals surface area contributed by atoms with Crippen LogP contribution in [-0.2, 0) is 0 Å². The molecule has 3 aromatic carbocycles. The minimum absolute atomic E-state index is 0.0398. The van der Waals surface area contributed by atoms with E-state index in [1.54, 1.807) is 0 Å². The highest BCUT2D eigenvalue weighted by Gasteiger charge is 2.13. The van der Waals surface area contributed by atoms with E-state index >= 15 is 0 Å². The molecule has 1 aromatic heterocycles. The van der Waals surface area contributed by atoms with Crippen molar-refractivity contribution in [2.75, 3.05) is 5.32 Å². The number of fused-ring (bicyclic) bond motifs is 3. The summed E-state index contributed by atoms with van der Waals surface area (Å²) >= 11 is 1.35. The normalized spacial score (nSPS) is 11.1. The van der Waals surface area contributed by atoms with Crippen molar-refractivity contribution < 1.29 is 13.6 Å². The van der Waals surface area contributed by atoms with E-state index in [2.05, 4.69) is 10.3 Å². The summed E-state index contributed by atoms with van der Waals surface area (Å²) < 4.78 is 27.2. The number of hydrogen-bond donors (Lipinski definition) is 1. The first-order valence-corrected chi connectivity index (χ1v) is 7.98. The van der Waals surface area contributed by atoms with Gasteiger partial charge in [-0.15, -0.1) is 0 Å². The number of anilines is 1. The minimum Gasteiger partial charge on any atom is -0.298 e. The molecule has 0 saturated carbocycles. The summed E-state index contributed by atoms with van der Waals surface area (Å²) in [7, 11) is 0. The van der Waals surface area contributed by atoms with Gasteiger partial charge in [0.1, 0.15) is 0 Å². The fourth-order valence-corrected chi connectivity index (χ4v) is 3.51. The lowest BCUT2D eigenvalue weighted by atomic mass is 10.1. The summed E-state index contributed by atoms with van der Waals surface area (Å²) in [4.78, 5) is 16.6. The molecular formula is C18H10F2N2OS. The van der Waals surface area contributed by atoms with Crippen molar-refractivity contribution in [3.8, 4) is 0 Å². The number of halogens is 2. The first kappa shape index (κ1) is 14.7. The number of rotatable bonds is 2. The van der Waals surface area contributed by atoms with E-state index in [0.717, 1.165) is 33.1 Å². The van der Waals surface area contributed by atoms with Gasteiger partial charge in [0, 0.05) is 10.9 Å². The third kappa shape index (κ3) is 2.51. The van der Waals surface area contributed by atoms with E-state index in [4.69, 9.17) is 0 Å². The Morgan fingerprint density at radius 2 is 1.83 bits per heavy atom. The average molecular weight is 340 g/mol. The van der Waals surface area contributed by atoms with Crippen LogP contribution in [-0.4, -0.2) is 10.9 Å². The molecule has 1 heterocycles. The van der Waals surface area contributed by atoms with Crippen LogP contribution in [0, 0.1) is 11.6 Å². The van der Waals surface area contributed by atoms with Gasteiger partial charge in [-0.2, -0.15) is 0 Å². The number of thiazole rings is 1. The smallest absolute Gasteiger partial charge is 0.257 e. The largest absolute Gasteiger partial charge is 0.298 e. The second-order valence-electron chi connectivity index (χ2n) is 5.24. The van der Waals surface area contributed by atoms with Gasteiger partial charge in [-0.3, -0.25) is 10.1 Å². The lowest BCUT2D eigenvalue weighted by Gasteiger charge is -2.01. The Balaban J connectivity index is 1.70. The van der Waals surface area contributed by atoms with Crippen LogP contribution >= 0.6 is 11.3 Å². The highest BCUT2D eigenvalue weighted by Crippen LogP contribution is 2.32. The molecule has 1 amide bonds. The van der Waals surface area contributed by atoms with Crippen LogP contribution in [0.3, 0.4) is 0 Å². The molecule has 0 bridgehead atoms. The minimum atomic E-state index is -1.06. The van der Waals surface area contributed by atoms with Crippen molar-refractivity contribution in [3.05, 3.63) is 71.8 Å². The SMILES string of the molecule is O=C(Nc1nc2ccc3ccccc3c2s1)c1ccc(F)c(F)c1. The zero-order chi connectivity index (χ0) is 16.7. The standard InChI is InChI=1S/C18H10F2N2OS/c19-13-7-5-11(9-14(13)20)17(23)22-18-21-15-8-6-10-3-1-2-4-12(10)16(15)24-18/h1-9H,(H,21,22,23). The average Bonchev–Trinajstić information content (AvgIpc) is 3.00. The van der Waals surface area contributed by atoms with Gasteiger partial charge in [-0.1, -0.05) is 41.7 Å². The van der Waals surface area contributed by atoms with Gasteiger partial charge >= 0.3 is 0 Å². The molecule has 0 atom stereocenters. The first-order valence-electron chi connectivity index (χ1n) is 7.16. The Labute approximate surface area is 139 Å². The molecule has 118 valence electrons. The molecule has 0 radical (unpaired) electrons. The number of nitrogens with zero attached hydrogens (tertiary/aromatic N) is 1. The second-order valence-corrected chi connectivity index (χ2v) is 6.24. The molecule has 0 aliphatic heterocycles. The van der Waals surface area contributed by atoms with Crippen LogP contribution in [0.15, 0.2) is 54.6 Å². The fourth-order valence-electron chi connectivity index (χ4n) is 2.52. The molecule has 4 rings (SSSR count). The van der Waals surface area contributed by atoms with Crippen molar-refractivity contribution in [2.45, 2.75) is 0 Å². The molecular weight excluding hydrogens is 330 g/mol. The molecule has 0 aliphatic rings. The molecule has 3 nitrogen and oxygen atoms in total. The molecule has 6 heteroatoms. The predicted molar refractivity (Wildman–Crippen MR) is 91.4 cm³/mol. The van der Waals surface area contributed by atoms with E-state index in [9.17, 15) is 13.6 Å². The maximum absolute atomic E-state index is 13.3. The number of carbonyl (C=O) groups is 1. The van der Waals surface area contributed by atoms with Crippen molar-refractivity contribution in [1.29, 1.82) is 0 Å². The van der Waals surface area contributed by atoms with Crippen LogP contribution in [0.4, 0.5) is 13.9 Å². The van der Waals surface area contributed by atoms with Gasteiger partial charge in [0.25, 0.3) is 5.91 Å². The summed E-state index contributed by atoms with van der Waals surface area (Å²) in [6, 6.07) is 14.8. The number of benzene rings is 3. The maximum Gasteiger partial charge on any atom is 0.257 e. The molecule has 0 fully saturated rings. The van der Waals surface area contributed by atoms with Gasteiger partial charge < -0.3 is 0 Å². The van der Waals surface area contributed by atoms with E-state index in [1.807, 2.05) is 36.4 Å². The van der Waals surface area contributed by atoms with Crippen molar-refractivity contribution >= 4 is 43.4 Å². The monoisotopic (exact) mass is 340 g/mol. The van der Waals surface area contributed by atoms with Crippen LogP contribution in [0.1, 0.15) is 10.4 Å². The van der Waals surface area contributed by atoms with Gasteiger partial charge in [0.05, 0.1) is 10.2 Å². The zero-order valence-electron chi connectivity index (χ0n) is 12.2. The van der Waals surface area contributed by atoms with Crippen molar-refractivity contribution in [1.82, 2.24) is 4.98 Å².